The van der Waals surface area contributed by atoms with Crippen LogP contribution in [0.15, 0.2) is 12.1 Å². The fraction of sp³-hybridized carbons (Fsp3) is 0.625. The molecular weight excluding hydrogens is 236 g/mol. The Bertz CT molecular complexity index is 404. The molecule has 0 radical (unpaired) electrons. The number of hydrogen-bond donors (Lipinski definition) is 2. The summed E-state index contributed by atoms with van der Waals surface area (Å²) in [7, 11) is 5.78. The molecule has 2 unspecified atom stereocenters. The summed E-state index contributed by atoms with van der Waals surface area (Å²) in [6, 6.07) is 4.71. The summed E-state index contributed by atoms with van der Waals surface area (Å²) >= 11 is 0. The summed E-state index contributed by atoms with van der Waals surface area (Å²) in [4.78, 5) is 0. The maximum atomic E-state index is 5.58. The van der Waals surface area contributed by atoms with Crippen molar-refractivity contribution in [3.8, 4) is 5.75 Å². The molecule has 0 saturated heterocycles. The molecule has 108 valence electrons. The maximum Gasteiger partial charge on any atom is 0.123 e. The highest BCUT2D eigenvalue weighted by atomic mass is 16.5. The average molecular weight is 264 g/mol. The molecule has 0 saturated carbocycles. The van der Waals surface area contributed by atoms with Crippen molar-refractivity contribution in [2.75, 3.05) is 27.7 Å². The lowest BCUT2D eigenvalue weighted by Gasteiger charge is -2.28. The van der Waals surface area contributed by atoms with E-state index in [-0.39, 0.29) is 0 Å². The second kappa shape index (κ2) is 7.51. The molecule has 1 aromatic rings. The molecule has 3 heteroatoms. The van der Waals surface area contributed by atoms with Crippen molar-refractivity contribution in [2.45, 2.75) is 33.2 Å². The van der Waals surface area contributed by atoms with Gasteiger partial charge in [0.2, 0.25) is 0 Å². The van der Waals surface area contributed by atoms with E-state index < -0.39 is 0 Å². The molecule has 3 nitrogen and oxygen atoms in total. The average Bonchev–Trinajstić information content (AvgIpc) is 2.41. The van der Waals surface area contributed by atoms with Gasteiger partial charge in [0, 0.05) is 11.6 Å². The van der Waals surface area contributed by atoms with Crippen molar-refractivity contribution in [1.82, 2.24) is 10.6 Å². The second-order valence-electron chi connectivity index (χ2n) is 5.17. The summed E-state index contributed by atoms with van der Waals surface area (Å²) in [6.45, 7) is 7.52. The highest BCUT2D eigenvalue weighted by Crippen LogP contribution is 2.33. The van der Waals surface area contributed by atoms with Crippen molar-refractivity contribution in [2.24, 2.45) is 5.92 Å². The lowest BCUT2D eigenvalue weighted by molar-refractivity contribution is 0.340. The van der Waals surface area contributed by atoms with Crippen molar-refractivity contribution >= 4 is 0 Å². The fourth-order valence-corrected chi connectivity index (χ4v) is 2.64. The van der Waals surface area contributed by atoms with Crippen molar-refractivity contribution in [1.29, 1.82) is 0 Å². The standard InChI is InChI=1S/C16H28N2O/c1-7-13(10-17-4)16(18-5)14-8-11(2)12(3)9-15(14)19-6/h8-9,13,16-18H,7,10H2,1-6H3. The molecule has 0 aliphatic heterocycles. The third-order valence-electron chi connectivity index (χ3n) is 3.95. The van der Waals surface area contributed by atoms with Gasteiger partial charge in [0.05, 0.1) is 7.11 Å². The molecule has 0 spiro atoms. The van der Waals surface area contributed by atoms with Crippen LogP contribution in [0.2, 0.25) is 0 Å². The van der Waals surface area contributed by atoms with E-state index in [4.69, 9.17) is 4.74 Å². The van der Waals surface area contributed by atoms with Gasteiger partial charge in [0.25, 0.3) is 0 Å². The van der Waals surface area contributed by atoms with Crippen LogP contribution in [-0.2, 0) is 0 Å². The first-order valence-electron chi connectivity index (χ1n) is 7.05. The molecule has 0 aliphatic carbocycles. The minimum atomic E-state index is 0.312. The minimum absolute atomic E-state index is 0.312. The van der Waals surface area contributed by atoms with Gasteiger partial charge in [0.1, 0.15) is 5.75 Å². The number of methoxy groups -OCH3 is 1. The number of ether oxygens (including phenoxy) is 1. The van der Waals surface area contributed by atoms with E-state index in [2.05, 4.69) is 43.5 Å². The van der Waals surface area contributed by atoms with Gasteiger partial charge in [-0.15, -0.1) is 0 Å². The first-order valence-corrected chi connectivity index (χ1v) is 7.05. The van der Waals surface area contributed by atoms with Crippen LogP contribution in [0.25, 0.3) is 0 Å². The first-order chi connectivity index (χ1) is 9.08. The lowest BCUT2D eigenvalue weighted by atomic mass is 9.88. The Morgan fingerprint density at radius 3 is 2.26 bits per heavy atom. The molecule has 2 N–H and O–H groups in total. The molecule has 0 fully saturated rings. The van der Waals surface area contributed by atoms with Gasteiger partial charge in [-0.1, -0.05) is 19.4 Å². The highest BCUT2D eigenvalue weighted by Gasteiger charge is 2.23. The van der Waals surface area contributed by atoms with E-state index in [0.29, 0.717) is 12.0 Å². The van der Waals surface area contributed by atoms with Crippen molar-refractivity contribution < 1.29 is 4.74 Å². The Morgan fingerprint density at radius 2 is 1.79 bits per heavy atom. The molecule has 1 aromatic carbocycles. The first kappa shape index (κ1) is 16.0. The highest BCUT2D eigenvalue weighted by molar-refractivity contribution is 5.43. The number of benzene rings is 1. The third kappa shape index (κ3) is 3.71. The van der Waals surface area contributed by atoms with Gasteiger partial charge in [-0.25, -0.2) is 0 Å². The third-order valence-corrected chi connectivity index (χ3v) is 3.95. The fourth-order valence-electron chi connectivity index (χ4n) is 2.64. The number of hydrogen-bond acceptors (Lipinski definition) is 3. The maximum absolute atomic E-state index is 5.58. The summed E-state index contributed by atoms with van der Waals surface area (Å²) in [6.07, 6.45) is 1.13. The van der Waals surface area contributed by atoms with Crippen molar-refractivity contribution in [3.63, 3.8) is 0 Å². The van der Waals surface area contributed by atoms with Crippen molar-refractivity contribution in [3.05, 3.63) is 28.8 Å². The number of aryl methyl sites for hydroxylation is 2. The molecule has 2 atom stereocenters. The quantitative estimate of drug-likeness (QED) is 0.794. The molecular formula is C16H28N2O. The zero-order valence-electron chi connectivity index (χ0n) is 13.1. The van der Waals surface area contributed by atoms with Gasteiger partial charge in [-0.3, -0.25) is 0 Å². The predicted molar refractivity (Wildman–Crippen MR) is 82.0 cm³/mol. The monoisotopic (exact) mass is 264 g/mol. The second-order valence-corrected chi connectivity index (χ2v) is 5.17. The number of nitrogens with one attached hydrogen (secondary N) is 2. The molecule has 1 rings (SSSR count). The smallest absolute Gasteiger partial charge is 0.123 e. The SMILES string of the molecule is CCC(CNC)C(NC)c1cc(C)c(C)cc1OC. The van der Waals surface area contributed by atoms with E-state index in [0.717, 1.165) is 18.7 Å². The Kier molecular flexibility index (Phi) is 6.32. The van der Waals surface area contributed by atoms with Gasteiger partial charge in [0.15, 0.2) is 0 Å². The van der Waals surface area contributed by atoms with Gasteiger partial charge in [-0.05, 0) is 57.6 Å². The zero-order valence-corrected chi connectivity index (χ0v) is 13.1. The van der Waals surface area contributed by atoms with Crippen LogP contribution in [0.5, 0.6) is 5.75 Å². The van der Waals surface area contributed by atoms with Gasteiger partial charge in [-0.2, -0.15) is 0 Å². The van der Waals surface area contributed by atoms with Crippen LogP contribution in [-0.4, -0.2) is 27.7 Å². The molecule has 19 heavy (non-hydrogen) atoms. The van der Waals surface area contributed by atoms with Crippen LogP contribution in [0.1, 0.15) is 36.1 Å². The Hall–Kier alpha value is -1.06. The molecule has 0 aliphatic rings. The van der Waals surface area contributed by atoms with Crippen LogP contribution >= 0.6 is 0 Å². The lowest BCUT2D eigenvalue weighted by Crippen LogP contribution is -2.32. The van der Waals surface area contributed by atoms with Crippen LogP contribution in [0.3, 0.4) is 0 Å². The van der Waals surface area contributed by atoms with Gasteiger partial charge >= 0.3 is 0 Å². The Balaban J connectivity index is 3.19. The molecule has 0 aromatic heterocycles. The van der Waals surface area contributed by atoms with E-state index in [1.54, 1.807) is 7.11 Å². The van der Waals surface area contributed by atoms with Crippen LogP contribution in [0, 0.1) is 19.8 Å². The Labute approximate surface area is 117 Å². The largest absolute Gasteiger partial charge is 0.496 e. The topological polar surface area (TPSA) is 33.3 Å². The predicted octanol–water partition coefficient (Wildman–Crippen LogP) is 2.82. The van der Waals surface area contributed by atoms with Gasteiger partial charge < -0.3 is 15.4 Å². The Morgan fingerprint density at radius 1 is 1.16 bits per heavy atom. The zero-order chi connectivity index (χ0) is 14.4. The summed E-state index contributed by atoms with van der Waals surface area (Å²) in [5.41, 5.74) is 3.85. The van der Waals surface area contributed by atoms with E-state index in [1.807, 2.05) is 14.1 Å². The summed E-state index contributed by atoms with van der Waals surface area (Å²) in [5.74, 6) is 1.53. The molecule has 0 bridgehead atoms. The normalized spacial score (nSPS) is 14.2. The molecule has 0 heterocycles. The summed E-state index contributed by atoms with van der Waals surface area (Å²) < 4.78 is 5.58. The number of rotatable bonds is 7. The van der Waals surface area contributed by atoms with E-state index in [1.165, 1.54) is 16.7 Å². The van der Waals surface area contributed by atoms with E-state index in [9.17, 15) is 0 Å². The molecule has 0 amide bonds. The van der Waals surface area contributed by atoms with E-state index >= 15 is 0 Å². The van der Waals surface area contributed by atoms with Crippen LogP contribution < -0.4 is 15.4 Å². The van der Waals surface area contributed by atoms with Crippen LogP contribution in [0.4, 0.5) is 0 Å². The summed E-state index contributed by atoms with van der Waals surface area (Å²) in [5, 5.41) is 6.74. The minimum Gasteiger partial charge on any atom is -0.496 e.